The van der Waals surface area contributed by atoms with Crippen molar-refractivity contribution >= 4 is 0 Å². The van der Waals surface area contributed by atoms with Gasteiger partial charge in [-0.25, -0.2) is 4.39 Å². The van der Waals surface area contributed by atoms with Gasteiger partial charge in [0.2, 0.25) is 0 Å². The zero-order valence-corrected chi connectivity index (χ0v) is 17.9. The van der Waals surface area contributed by atoms with E-state index in [9.17, 15) is 4.39 Å². The molecule has 1 aromatic carbocycles. The van der Waals surface area contributed by atoms with E-state index in [1.54, 1.807) is 12.1 Å². The van der Waals surface area contributed by atoms with Crippen LogP contribution in [-0.4, -0.2) is 13.2 Å². The molecule has 1 aliphatic carbocycles. The Morgan fingerprint density at radius 1 is 0.929 bits per heavy atom. The molecular weight excluding hydrogens is 351 g/mol. The standard InChI is InChI=1S/C25H39FO2/c1-3-5-7-11-21(10-4-2)25(16-8-6-9-17-25)22-18-27-24(28-19-22)20-12-14-23(26)15-13-20/h12-15,21-22,24H,3-11,16-19H2,1-2H3. The number of ether oxygens (including phenoxy) is 2. The molecule has 158 valence electrons. The van der Waals surface area contributed by atoms with Gasteiger partial charge in [0.1, 0.15) is 5.82 Å². The molecule has 3 heteroatoms. The maximum atomic E-state index is 13.2. The molecule has 0 aromatic heterocycles. The smallest absolute Gasteiger partial charge is 0.183 e. The molecule has 0 bridgehead atoms. The molecule has 1 saturated carbocycles. The molecule has 0 radical (unpaired) electrons. The fourth-order valence-corrected chi connectivity index (χ4v) is 5.72. The van der Waals surface area contributed by atoms with Crippen molar-refractivity contribution in [2.45, 2.75) is 90.8 Å². The second-order valence-corrected chi connectivity index (χ2v) is 9.02. The highest BCUT2D eigenvalue weighted by atomic mass is 19.1. The maximum absolute atomic E-state index is 13.2. The molecular formula is C25H39FO2. The normalized spacial score (nSPS) is 26.1. The van der Waals surface area contributed by atoms with Crippen molar-refractivity contribution in [3.63, 3.8) is 0 Å². The molecule has 1 saturated heterocycles. The van der Waals surface area contributed by atoms with Crippen LogP contribution in [0, 0.1) is 23.1 Å². The largest absolute Gasteiger partial charge is 0.348 e. The summed E-state index contributed by atoms with van der Waals surface area (Å²) in [6, 6.07) is 6.53. The number of rotatable bonds is 9. The SMILES string of the molecule is CCCCCC(CCC)C1(C2COC(c3ccc(F)cc3)OC2)CCCCC1. The lowest BCUT2D eigenvalue weighted by Crippen LogP contribution is -2.46. The highest BCUT2D eigenvalue weighted by molar-refractivity contribution is 5.17. The Bertz CT molecular complexity index is 556. The van der Waals surface area contributed by atoms with Gasteiger partial charge in [-0.3, -0.25) is 0 Å². The molecule has 1 aromatic rings. The third kappa shape index (κ3) is 5.16. The third-order valence-corrected chi connectivity index (χ3v) is 7.24. The first-order chi connectivity index (χ1) is 13.7. The average Bonchev–Trinajstić information content (AvgIpc) is 2.74. The van der Waals surface area contributed by atoms with E-state index in [0.29, 0.717) is 11.3 Å². The number of hydrogen-bond acceptors (Lipinski definition) is 2. The van der Waals surface area contributed by atoms with Crippen LogP contribution in [0.25, 0.3) is 0 Å². The number of unbranched alkanes of at least 4 members (excludes halogenated alkanes) is 2. The molecule has 0 spiro atoms. The van der Waals surface area contributed by atoms with E-state index in [4.69, 9.17) is 9.47 Å². The van der Waals surface area contributed by atoms with Crippen molar-refractivity contribution in [3.8, 4) is 0 Å². The van der Waals surface area contributed by atoms with E-state index in [1.165, 1.54) is 82.8 Å². The quantitative estimate of drug-likeness (QED) is 0.408. The second-order valence-electron chi connectivity index (χ2n) is 9.02. The Hall–Kier alpha value is -0.930. The Balaban J connectivity index is 1.69. The minimum absolute atomic E-state index is 0.215. The van der Waals surface area contributed by atoms with Crippen LogP contribution in [0.1, 0.15) is 96.3 Å². The molecule has 28 heavy (non-hydrogen) atoms. The van der Waals surface area contributed by atoms with Crippen LogP contribution in [0.5, 0.6) is 0 Å². The van der Waals surface area contributed by atoms with Gasteiger partial charge in [-0.05, 0) is 42.7 Å². The molecule has 2 nitrogen and oxygen atoms in total. The third-order valence-electron chi connectivity index (χ3n) is 7.24. The Labute approximate surface area is 171 Å². The van der Waals surface area contributed by atoms with Crippen LogP contribution in [0.3, 0.4) is 0 Å². The summed E-state index contributed by atoms with van der Waals surface area (Å²) >= 11 is 0. The summed E-state index contributed by atoms with van der Waals surface area (Å²) in [7, 11) is 0. The van der Waals surface area contributed by atoms with Crippen LogP contribution in [0.4, 0.5) is 4.39 Å². The molecule has 2 aliphatic rings. The Morgan fingerprint density at radius 3 is 2.21 bits per heavy atom. The Morgan fingerprint density at radius 2 is 1.61 bits per heavy atom. The number of hydrogen-bond donors (Lipinski definition) is 0. The van der Waals surface area contributed by atoms with Gasteiger partial charge in [-0.1, -0.05) is 77.3 Å². The van der Waals surface area contributed by atoms with Crippen molar-refractivity contribution in [2.75, 3.05) is 13.2 Å². The van der Waals surface area contributed by atoms with Crippen LogP contribution in [-0.2, 0) is 9.47 Å². The predicted octanol–water partition coefficient (Wildman–Crippen LogP) is 7.43. The van der Waals surface area contributed by atoms with E-state index < -0.39 is 0 Å². The van der Waals surface area contributed by atoms with Crippen LogP contribution in [0.2, 0.25) is 0 Å². The zero-order chi connectivity index (χ0) is 19.8. The first kappa shape index (κ1) is 21.8. The zero-order valence-electron chi connectivity index (χ0n) is 17.9. The molecule has 1 atom stereocenters. The van der Waals surface area contributed by atoms with Gasteiger partial charge in [0.25, 0.3) is 0 Å². The summed E-state index contributed by atoms with van der Waals surface area (Å²) in [6.45, 7) is 6.18. The predicted molar refractivity (Wildman–Crippen MR) is 113 cm³/mol. The summed E-state index contributed by atoms with van der Waals surface area (Å²) in [4.78, 5) is 0. The van der Waals surface area contributed by atoms with Gasteiger partial charge in [0, 0.05) is 11.5 Å². The molecule has 0 amide bonds. The molecule has 1 heterocycles. The van der Waals surface area contributed by atoms with E-state index in [0.717, 1.165) is 24.7 Å². The monoisotopic (exact) mass is 390 g/mol. The molecule has 3 rings (SSSR count). The van der Waals surface area contributed by atoms with Crippen LogP contribution in [0.15, 0.2) is 24.3 Å². The minimum atomic E-state index is -0.345. The lowest BCUT2D eigenvalue weighted by molar-refractivity contribution is -0.233. The summed E-state index contributed by atoms with van der Waals surface area (Å²) in [5.74, 6) is 1.07. The van der Waals surface area contributed by atoms with Crippen molar-refractivity contribution in [2.24, 2.45) is 17.3 Å². The average molecular weight is 391 g/mol. The van der Waals surface area contributed by atoms with Gasteiger partial charge >= 0.3 is 0 Å². The van der Waals surface area contributed by atoms with Gasteiger partial charge in [-0.15, -0.1) is 0 Å². The maximum Gasteiger partial charge on any atom is 0.183 e. The van der Waals surface area contributed by atoms with Crippen LogP contribution < -0.4 is 0 Å². The van der Waals surface area contributed by atoms with E-state index in [2.05, 4.69) is 13.8 Å². The van der Waals surface area contributed by atoms with Crippen LogP contribution >= 0.6 is 0 Å². The molecule has 0 N–H and O–H groups in total. The number of halogens is 1. The van der Waals surface area contributed by atoms with Gasteiger partial charge in [-0.2, -0.15) is 0 Å². The summed E-state index contributed by atoms with van der Waals surface area (Å²) in [5.41, 5.74) is 1.31. The molecule has 1 unspecified atom stereocenters. The second kappa shape index (κ2) is 10.7. The van der Waals surface area contributed by atoms with E-state index in [1.807, 2.05) is 0 Å². The van der Waals surface area contributed by atoms with Crippen molar-refractivity contribution in [1.29, 1.82) is 0 Å². The Kier molecular flexibility index (Phi) is 8.35. The van der Waals surface area contributed by atoms with Crippen molar-refractivity contribution in [3.05, 3.63) is 35.6 Å². The first-order valence-corrected chi connectivity index (χ1v) is 11.7. The fraction of sp³-hybridized carbons (Fsp3) is 0.760. The summed E-state index contributed by atoms with van der Waals surface area (Å²) in [5, 5.41) is 0. The topological polar surface area (TPSA) is 18.5 Å². The van der Waals surface area contributed by atoms with Gasteiger partial charge < -0.3 is 9.47 Å². The number of benzene rings is 1. The van der Waals surface area contributed by atoms with Crippen molar-refractivity contribution < 1.29 is 13.9 Å². The lowest BCUT2D eigenvalue weighted by atomic mass is 9.57. The fourth-order valence-electron chi connectivity index (χ4n) is 5.72. The molecule has 2 fully saturated rings. The van der Waals surface area contributed by atoms with E-state index >= 15 is 0 Å². The molecule has 1 aliphatic heterocycles. The van der Waals surface area contributed by atoms with Gasteiger partial charge in [0.05, 0.1) is 13.2 Å². The highest BCUT2D eigenvalue weighted by Crippen LogP contribution is 2.53. The van der Waals surface area contributed by atoms with Crippen molar-refractivity contribution in [1.82, 2.24) is 0 Å². The summed E-state index contributed by atoms with van der Waals surface area (Å²) in [6.07, 6.45) is 14.4. The van der Waals surface area contributed by atoms with E-state index in [-0.39, 0.29) is 12.1 Å². The highest BCUT2D eigenvalue weighted by Gasteiger charge is 2.46. The summed E-state index contributed by atoms with van der Waals surface area (Å²) < 4.78 is 25.6. The minimum Gasteiger partial charge on any atom is -0.348 e. The lowest BCUT2D eigenvalue weighted by Gasteiger charge is -2.51. The van der Waals surface area contributed by atoms with Gasteiger partial charge in [0.15, 0.2) is 6.29 Å². The first-order valence-electron chi connectivity index (χ1n) is 11.7.